The van der Waals surface area contributed by atoms with Crippen molar-refractivity contribution in [2.45, 2.75) is 31.3 Å². The number of aliphatic hydroxyl groups excluding tert-OH is 1. The molecule has 0 spiro atoms. The first-order valence-electron chi connectivity index (χ1n) is 9.05. The van der Waals surface area contributed by atoms with Crippen molar-refractivity contribution >= 4 is 18.3 Å². The number of carbonyl (C=O) groups is 1. The second-order valence-electron chi connectivity index (χ2n) is 6.72. The van der Waals surface area contributed by atoms with E-state index in [1.807, 2.05) is 0 Å². The molecule has 0 bridgehead atoms. The first-order chi connectivity index (χ1) is 13.1. The highest BCUT2D eigenvalue weighted by Gasteiger charge is 2.27. The number of benzene rings is 1. The molecule has 1 aromatic carbocycles. The Hall–Kier alpha value is -2.20. The van der Waals surface area contributed by atoms with Gasteiger partial charge in [0.15, 0.2) is 0 Å². The number of aromatic nitrogens is 2. The van der Waals surface area contributed by atoms with Crippen LogP contribution in [0.2, 0.25) is 0 Å². The number of halogens is 1. The Morgan fingerprint density at radius 3 is 2.54 bits per heavy atom. The topological polar surface area (TPSA) is 147 Å². The second-order valence-corrected chi connectivity index (χ2v) is 6.72. The molecule has 1 saturated heterocycles. The van der Waals surface area contributed by atoms with Gasteiger partial charge in [0.25, 0.3) is 0 Å². The molecule has 0 radical (unpaired) electrons. The van der Waals surface area contributed by atoms with Crippen molar-refractivity contribution in [2.24, 2.45) is 11.7 Å². The van der Waals surface area contributed by atoms with Crippen LogP contribution in [-0.4, -0.2) is 46.0 Å². The van der Waals surface area contributed by atoms with Crippen LogP contribution in [0.4, 0.5) is 0 Å². The van der Waals surface area contributed by atoms with Gasteiger partial charge in [0.1, 0.15) is 17.8 Å². The molecule has 2 aromatic rings. The molecule has 28 heavy (non-hydrogen) atoms. The van der Waals surface area contributed by atoms with Gasteiger partial charge >= 0.3 is 0 Å². The minimum Gasteiger partial charge on any atom is -0.508 e. The molecular formula is C18H26ClN5O4. The number of nitrogens with two attached hydrogens (primary N) is 1. The van der Waals surface area contributed by atoms with Crippen LogP contribution in [-0.2, 0) is 11.2 Å². The van der Waals surface area contributed by atoms with E-state index in [9.17, 15) is 9.90 Å². The van der Waals surface area contributed by atoms with Gasteiger partial charge in [0.2, 0.25) is 17.7 Å². The average molecular weight is 412 g/mol. The fraction of sp³-hybridized carbons (Fsp3) is 0.500. The average Bonchev–Trinajstić information content (AvgIpc) is 3.19. The molecule has 154 valence electrons. The predicted octanol–water partition coefficient (Wildman–Crippen LogP) is 0.589. The number of nitrogens with zero attached hydrogens (tertiary/aromatic N) is 2. The van der Waals surface area contributed by atoms with E-state index in [0.717, 1.165) is 31.5 Å². The highest BCUT2D eigenvalue weighted by molar-refractivity contribution is 5.85. The lowest BCUT2D eigenvalue weighted by molar-refractivity contribution is -0.126. The molecule has 1 aliphatic heterocycles. The summed E-state index contributed by atoms with van der Waals surface area (Å²) in [7, 11) is 0. The Balaban J connectivity index is 0.00000280. The SMILES string of the molecule is Cl.N[C@@H](CO)c1nnc([C@H](Cc2ccc(O)cc2)NC(=O)C2CCNCC2)o1. The highest BCUT2D eigenvalue weighted by Crippen LogP contribution is 2.22. The zero-order valence-electron chi connectivity index (χ0n) is 15.4. The Kier molecular flexibility index (Phi) is 8.18. The van der Waals surface area contributed by atoms with E-state index in [-0.39, 0.29) is 48.4 Å². The van der Waals surface area contributed by atoms with Gasteiger partial charge in [0.05, 0.1) is 6.61 Å². The summed E-state index contributed by atoms with van der Waals surface area (Å²) in [5.41, 5.74) is 6.62. The fourth-order valence-corrected chi connectivity index (χ4v) is 3.06. The molecule has 0 saturated carbocycles. The van der Waals surface area contributed by atoms with Gasteiger partial charge in [-0.15, -0.1) is 22.6 Å². The normalized spacial score (nSPS) is 16.8. The van der Waals surface area contributed by atoms with Crippen LogP contribution in [0.5, 0.6) is 5.75 Å². The van der Waals surface area contributed by atoms with Gasteiger partial charge in [-0.05, 0) is 43.6 Å². The largest absolute Gasteiger partial charge is 0.508 e. The quantitative estimate of drug-likeness (QED) is 0.444. The first kappa shape index (κ1) is 22.1. The summed E-state index contributed by atoms with van der Waals surface area (Å²) in [4.78, 5) is 12.7. The summed E-state index contributed by atoms with van der Waals surface area (Å²) in [6.45, 7) is 1.32. The molecule has 9 nitrogen and oxygen atoms in total. The van der Waals surface area contributed by atoms with Crippen molar-refractivity contribution in [3.63, 3.8) is 0 Å². The Morgan fingerprint density at radius 1 is 1.25 bits per heavy atom. The number of carbonyl (C=O) groups excluding carboxylic acids is 1. The van der Waals surface area contributed by atoms with Gasteiger partial charge in [-0.1, -0.05) is 12.1 Å². The summed E-state index contributed by atoms with van der Waals surface area (Å²) in [5, 5.41) is 32.8. The molecule has 0 unspecified atom stereocenters. The number of piperidine rings is 1. The molecule has 10 heteroatoms. The van der Waals surface area contributed by atoms with Crippen LogP contribution in [0.15, 0.2) is 28.7 Å². The van der Waals surface area contributed by atoms with Crippen molar-refractivity contribution in [1.29, 1.82) is 0 Å². The maximum absolute atomic E-state index is 12.7. The standard InChI is InChI=1S/C18H25N5O4.ClH/c19-14(10-24)17-22-23-18(27-17)15(9-11-1-3-13(25)4-2-11)21-16(26)12-5-7-20-8-6-12;/h1-4,12,14-15,20,24-25H,5-10,19H2,(H,21,26);1H/t14-,15-;/m0./s1. The van der Waals surface area contributed by atoms with E-state index < -0.39 is 12.1 Å². The molecule has 1 aliphatic rings. The predicted molar refractivity (Wildman–Crippen MR) is 104 cm³/mol. The number of nitrogens with one attached hydrogen (secondary N) is 2. The van der Waals surface area contributed by atoms with E-state index in [2.05, 4.69) is 20.8 Å². The lowest BCUT2D eigenvalue weighted by Gasteiger charge is -2.24. The summed E-state index contributed by atoms with van der Waals surface area (Å²) >= 11 is 0. The van der Waals surface area contributed by atoms with E-state index in [4.69, 9.17) is 15.3 Å². The molecule has 1 aromatic heterocycles. The van der Waals surface area contributed by atoms with Gasteiger partial charge in [-0.2, -0.15) is 0 Å². The lowest BCUT2D eigenvalue weighted by Crippen LogP contribution is -2.40. The number of hydrogen-bond acceptors (Lipinski definition) is 8. The van der Waals surface area contributed by atoms with Crippen molar-refractivity contribution in [2.75, 3.05) is 19.7 Å². The van der Waals surface area contributed by atoms with Crippen LogP contribution in [0.3, 0.4) is 0 Å². The molecule has 6 N–H and O–H groups in total. The summed E-state index contributed by atoms with van der Waals surface area (Å²) < 4.78 is 5.60. The summed E-state index contributed by atoms with van der Waals surface area (Å²) in [6, 6.07) is 5.43. The molecule has 2 atom stereocenters. The molecule has 0 aliphatic carbocycles. The van der Waals surface area contributed by atoms with Gasteiger partial charge < -0.3 is 31.0 Å². The smallest absolute Gasteiger partial charge is 0.239 e. The maximum atomic E-state index is 12.7. The number of hydrogen-bond donors (Lipinski definition) is 5. The molecular weight excluding hydrogens is 386 g/mol. The van der Waals surface area contributed by atoms with E-state index >= 15 is 0 Å². The van der Waals surface area contributed by atoms with Crippen LogP contribution in [0, 0.1) is 5.92 Å². The highest BCUT2D eigenvalue weighted by atomic mass is 35.5. The maximum Gasteiger partial charge on any atom is 0.239 e. The summed E-state index contributed by atoms with van der Waals surface area (Å²) in [6.07, 6.45) is 1.98. The van der Waals surface area contributed by atoms with Gasteiger partial charge in [0, 0.05) is 12.3 Å². The minimum absolute atomic E-state index is 0. The van der Waals surface area contributed by atoms with Gasteiger partial charge in [-0.3, -0.25) is 4.79 Å². The second kappa shape index (κ2) is 10.4. The minimum atomic E-state index is -0.763. The third-order valence-electron chi connectivity index (χ3n) is 4.67. The monoisotopic (exact) mass is 411 g/mol. The number of phenolic OH excluding ortho intramolecular Hbond substituents is 1. The molecule has 1 fully saturated rings. The lowest BCUT2D eigenvalue weighted by atomic mass is 9.96. The van der Waals surface area contributed by atoms with E-state index in [1.54, 1.807) is 24.3 Å². The van der Waals surface area contributed by atoms with Crippen molar-refractivity contribution in [3.05, 3.63) is 41.6 Å². The van der Waals surface area contributed by atoms with E-state index in [0.29, 0.717) is 6.42 Å². The number of amides is 1. The number of phenols is 1. The number of aliphatic hydroxyl groups is 1. The third kappa shape index (κ3) is 5.65. The Morgan fingerprint density at radius 2 is 1.89 bits per heavy atom. The van der Waals surface area contributed by atoms with Crippen LogP contribution >= 0.6 is 12.4 Å². The molecule has 3 rings (SSSR count). The number of aromatic hydroxyl groups is 1. The molecule has 2 heterocycles. The third-order valence-corrected chi connectivity index (χ3v) is 4.67. The van der Waals surface area contributed by atoms with Crippen LogP contribution < -0.4 is 16.4 Å². The van der Waals surface area contributed by atoms with Crippen molar-refractivity contribution < 1.29 is 19.4 Å². The van der Waals surface area contributed by atoms with Crippen LogP contribution in [0.25, 0.3) is 0 Å². The van der Waals surface area contributed by atoms with Crippen LogP contribution in [0.1, 0.15) is 42.3 Å². The zero-order valence-corrected chi connectivity index (χ0v) is 16.2. The molecule has 1 amide bonds. The van der Waals surface area contributed by atoms with Gasteiger partial charge in [-0.25, -0.2) is 0 Å². The summed E-state index contributed by atoms with van der Waals surface area (Å²) in [5.74, 6) is 0.425. The van der Waals surface area contributed by atoms with E-state index in [1.165, 1.54) is 0 Å². The van der Waals surface area contributed by atoms with Crippen molar-refractivity contribution in [1.82, 2.24) is 20.8 Å². The number of rotatable bonds is 7. The fourth-order valence-electron chi connectivity index (χ4n) is 3.06. The first-order valence-corrected chi connectivity index (χ1v) is 9.05. The zero-order chi connectivity index (χ0) is 19.2. The van der Waals surface area contributed by atoms with Crippen molar-refractivity contribution in [3.8, 4) is 5.75 Å². The Labute approximate surface area is 169 Å². The Bertz CT molecular complexity index is 749.